The van der Waals surface area contributed by atoms with Gasteiger partial charge in [0.1, 0.15) is 35.9 Å². The molecule has 12 heteroatoms. The molecule has 2 heterocycles. The van der Waals surface area contributed by atoms with Crippen molar-refractivity contribution in [3.05, 3.63) is 66.0 Å². The first-order valence-corrected chi connectivity index (χ1v) is 15.3. The lowest BCUT2D eigenvalue weighted by atomic mass is 9.47. The molecule has 3 aliphatic rings. The van der Waals surface area contributed by atoms with Gasteiger partial charge in [0, 0.05) is 33.2 Å². The molecule has 1 aromatic carbocycles. The maximum atomic E-state index is 13.8. The number of pyridine rings is 1. The van der Waals surface area contributed by atoms with Crippen LogP contribution in [0, 0.1) is 17.3 Å². The second kappa shape index (κ2) is 12.5. The van der Waals surface area contributed by atoms with Crippen LogP contribution in [-0.2, 0) is 42.8 Å². The van der Waals surface area contributed by atoms with Crippen molar-refractivity contribution in [1.29, 1.82) is 0 Å². The summed E-state index contributed by atoms with van der Waals surface area (Å²) >= 11 is 0. The van der Waals surface area contributed by atoms with Crippen LogP contribution in [0.15, 0.2) is 54.9 Å². The fourth-order valence-electron chi connectivity index (χ4n) is 7.97. The summed E-state index contributed by atoms with van der Waals surface area (Å²) in [4.78, 5) is 69.5. The van der Waals surface area contributed by atoms with Gasteiger partial charge < -0.3 is 28.4 Å². The van der Waals surface area contributed by atoms with Gasteiger partial charge in [-0.1, -0.05) is 25.1 Å². The van der Waals surface area contributed by atoms with Crippen LogP contribution in [0.5, 0.6) is 0 Å². The first-order valence-electron chi connectivity index (χ1n) is 15.3. The van der Waals surface area contributed by atoms with E-state index in [1.807, 2.05) is 6.92 Å². The number of ether oxygens (including phenoxy) is 6. The Labute approximate surface area is 267 Å². The van der Waals surface area contributed by atoms with Gasteiger partial charge in [0.25, 0.3) is 0 Å². The average molecular weight is 638 g/mol. The predicted octanol–water partition coefficient (Wildman–Crippen LogP) is 3.85. The van der Waals surface area contributed by atoms with Crippen LogP contribution in [0.2, 0.25) is 0 Å². The molecule has 46 heavy (non-hydrogen) atoms. The molecule has 8 atom stereocenters. The first-order chi connectivity index (χ1) is 21.7. The Bertz CT molecular complexity index is 1490. The SMILES string of the molecule is CC(=O)O[C@@H]1[C@@H](OC(C)=O)[C@]2(COC(=O)c3cccnc3)[C@@H](OC(C)=O)CC[C@@H](C)[C@]23OC(C)(C)[C@H]1C3OC(=O)c1ccccc1. The number of aromatic nitrogens is 1. The Balaban J connectivity index is 1.77. The van der Waals surface area contributed by atoms with Crippen molar-refractivity contribution < 1.29 is 52.4 Å². The van der Waals surface area contributed by atoms with Crippen LogP contribution in [-0.4, -0.2) is 77.1 Å². The maximum absolute atomic E-state index is 13.8. The van der Waals surface area contributed by atoms with Crippen LogP contribution in [0.4, 0.5) is 0 Å². The van der Waals surface area contributed by atoms with E-state index in [0.29, 0.717) is 6.42 Å². The Morgan fingerprint density at radius 1 is 0.804 bits per heavy atom. The lowest BCUT2D eigenvalue weighted by molar-refractivity contribution is -0.313. The zero-order valence-electron chi connectivity index (χ0n) is 26.7. The lowest BCUT2D eigenvalue weighted by Gasteiger charge is -2.63. The number of carbonyl (C=O) groups is 5. The summed E-state index contributed by atoms with van der Waals surface area (Å²) < 4.78 is 37.4. The number of rotatable bonds is 8. The van der Waals surface area contributed by atoms with Gasteiger partial charge in [0.2, 0.25) is 0 Å². The Morgan fingerprint density at radius 3 is 2.07 bits per heavy atom. The van der Waals surface area contributed by atoms with E-state index in [0.717, 1.165) is 0 Å². The number of benzene rings is 1. The first kappa shape index (κ1) is 33.1. The predicted molar refractivity (Wildman–Crippen MR) is 159 cm³/mol. The van der Waals surface area contributed by atoms with E-state index in [1.165, 1.54) is 39.2 Å². The Hall–Kier alpha value is -4.32. The molecule has 12 nitrogen and oxygen atoms in total. The zero-order chi connectivity index (χ0) is 33.4. The summed E-state index contributed by atoms with van der Waals surface area (Å²) in [7, 11) is 0. The smallest absolute Gasteiger partial charge is 0.339 e. The highest BCUT2D eigenvalue weighted by Crippen LogP contribution is 2.68. The minimum atomic E-state index is -1.72. The number of fused-ring (bicyclic) bond motifs is 1. The molecule has 3 fully saturated rings. The van der Waals surface area contributed by atoms with Crippen molar-refractivity contribution in [3.63, 3.8) is 0 Å². The monoisotopic (exact) mass is 637 g/mol. The molecule has 246 valence electrons. The van der Waals surface area contributed by atoms with Crippen molar-refractivity contribution in [2.75, 3.05) is 6.61 Å². The Morgan fingerprint density at radius 2 is 1.46 bits per heavy atom. The van der Waals surface area contributed by atoms with Gasteiger partial charge in [-0.25, -0.2) is 9.59 Å². The maximum Gasteiger partial charge on any atom is 0.339 e. The molecule has 1 aromatic heterocycles. The molecule has 2 aromatic rings. The topological polar surface area (TPSA) is 154 Å². The van der Waals surface area contributed by atoms with Gasteiger partial charge in [-0.2, -0.15) is 0 Å². The molecule has 1 saturated heterocycles. The minimum Gasteiger partial charge on any atom is -0.462 e. The molecule has 1 aliphatic heterocycles. The molecule has 2 aliphatic carbocycles. The highest BCUT2D eigenvalue weighted by atomic mass is 16.6. The van der Waals surface area contributed by atoms with Gasteiger partial charge in [0.05, 0.1) is 22.6 Å². The highest BCUT2D eigenvalue weighted by Gasteiger charge is 2.84. The molecule has 0 radical (unpaired) electrons. The number of esters is 5. The van der Waals surface area contributed by atoms with Crippen molar-refractivity contribution in [2.24, 2.45) is 17.3 Å². The van der Waals surface area contributed by atoms with Crippen molar-refractivity contribution in [3.8, 4) is 0 Å². The molecular weight excluding hydrogens is 598 g/mol. The third-order valence-electron chi connectivity index (χ3n) is 9.53. The van der Waals surface area contributed by atoms with Crippen molar-refractivity contribution >= 4 is 29.8 Å². The van der Waals surface area contributed by atoms with E-state index in [4.69, 9.17) is 28.4 Å². The zero-order valence-corrected chi connectivity index (χ0v) is 26.7. The third kappa shape index (κ3) is 5.52. The normalized spacial score (nSPS) is 32.3. The molecule has 0 amide bonds. The molecular formula is C34H39NO11. The van der Waals surface area contributed by atoms with Gasteiger partial charge in [-0.05, 0) is 56.9 Å². The van der Waals surface area contributed by atoms with Crippen molar-refractivity contribution in [2.45, 2.75) is 90.0 Å². The number of hydrogen-bond donors (Lipinski definition) is 0. The van der Waals surface area contributed by atoms with E-state index < -0.39 is 89.3 Å². The van der Waals surface area contributed by atoms with Crippen molar-refractivity contribution in [1.82, 2.24) is 4.98 Å². The summed E-state index contributed by atoms with van der Waals surface area (Å²) in [6.07, 6.45) is -1.28. The van der Waals surface area contributed by atoms with Crippen LogP contribution >= 0.6 is 0 Å². The van der Waals surface area contributed by atoms with E-state index in [1.54, 1.807) is 50.2 Å². The number of nitrogens with zero attached hydrogens (tertiary/aromatic N) is 1. The van der Waals surface area contributed by atoms with Gasteiger partial charge in [0.15, 0.2) is 6.10 Å². The van der Waals surface area contributed by atoms with Gasteiger partial charge in [-0.15, -0.1) is 0 Å². The fraction of sp³-hybridized carbons (Fsp3) is 0.529. The summed E-state index contributed by atoms with van der Waals surface area (Å²) in [6, 6.07) is 11.5. The van der Waals surface area contributed by atoms with Crippen LogP contribution < -0.4 is 0 Å². The van der Waals surface area contributed by atoms with E-state index in [9.17, 15) is 24.0 Å². The van der Waals surface area contributed by atoms with Crippen LogP contribution in [0.25, 0.3) is 0 Å². The van der Waals surface area contributed by atoms with Crippen LogP contribution in [0.1, 0.15) is 75.1 Å². The molecule has 2 saturated carbocycles. The fourth-order valence-corrected chi connectivity index (χ4v) is 7.97. The molecule has 0 N–H and O–H groups in total. The summed E-state index contributed by atoms with van der Waals surface area (Å²) in [5.74, 6) is -4.74. The number of carbonyl (C=O) groups excluding carboxylic acids is 5. The summed E-state index contributed by atoms with van der Waals surface area (Å²) in [6.45, 7) is 8.59. The average Bonchev–Trinajstić information content (AvgIpc) is 3.20. The summed E-state index contributed by atoms with van der Waals surface area (Å²) in [5.41, 5.74) is -4.01. The number of hydrogen-bond acceptors (Lipinski definition) is 12. The molecule has 1 unspecified atom stereocenters. The lowest BCUT2D eigenvalue weighted by Crippen LogP contribution is -2.79. The second-order valence-electron chi connectivity index (χ2n) is 12.8. The van der Waals surface area contributed by atoms with E-state index in [-0.39, 0.29) is 17.5 Å². The quantitative estimate of drug-likeness (QED) is 0.305. The van der Waals surface area contributed by atoms with Gasteiger partial charge in [-0.3, -0.25) is 19.4 Å². The molecule has 2 bridgehead atoms. The minimum absolute atomic E-state index is 0.148. The molecule has 1 spiro atoms. The standard InChI is InChI=1S/C34H39NO11/c1-19-14-15-25(42-20(2)36)33(18-41-30(39)24-13-10-16-35-17-24)29(44-22(4)38)27(43-21(3)37)26-28(34(19,33)46-32(26,5)6)45-31(40)23-11-8-7-9-12-23/h7-13,16-17,19,25-29H,14-15,18H2,1-6H3/t19-,25+,26-,27+,28?,29-,33+,34-/m1/s1. The second-order valence-corrected chi connectivity index (χ2v) is 12.8. The van der Waals surface area contributed by atoms with Gasteiger partial charge >= 0.3 is 29.8 Å². The molecule has 5 rings (SSSR count). The Kier molecular flexibility index (Phi) is 8.96. The largest absolute Gasteiger partial charge is 0.462 e. The van der Waals surface area contributed by atoms with E-state index >= 15 is 0 Å². The highest BCUT2D eigenvalue weighted by molar-refractivity contribution is 5.90. The van der Waals surface area contributed by atoms with E-state index in [2.05, 4.69) is 4.98 Å². The summed E-state index contributed by atoms with van der Waals surface area (Å²) in [5, 5.41) is 0. The van der Waals surface area contributed by atoms with Crippen LogP contribution in [0.3, 0.4) is 0 Å². The third-order valence-corrected chi connectivity index (χ3v) is 9.53.